The SMILES string of the molecule is CCCCOCCOCCOCCN1CCC(O)C1. The Morgan fingerprint density at radius 3 is 2.21 bits per heavy atom. The maximum absolute atomic E-state index is 9.36. The van der Waals surface area contributed by atoms with Crippen molar-refractivity contribution in [1.29, 1.82) is 0 Å². The minimum atomic E-state index is -0.143. The molecule has 0 bridgehead atoms. The lowest BCUT2D eigenvalue weighted by Gasteiger charge is -2.14. The number of β-amino-alcohol motifs (C(OH)–C–C–N with tert-alkyl or cyclic N) is 1. The number of ether oxygens (including phenoxy) is 3. The maximum Gasteiger partial charge on any atom is 0.0701 e. The first-order chi connectivity index (χ1) is 9.33. The number of nitrogens with zero attached hydrogens (tertiary/aromatic N) is 1. The van der Waals surface area contributed by atoms with Gasteiger partial charge in [-0.25, -0.2) is 0 Å². The van der Waals surface area contributed by atoms with E-state index in [2.05, 4.69) is 11.8 Å². The third kappa shape index (κ3) is 9.35. The standard InChI is InChI=1S/C14H29NO4/c1-2-3-7-17-9-11-19-12-10-18-8-6-15-5-4-14(16)13-15/h14,16H,2-13H2,1H3. The van der Waals surface area contributed by atoms with Gasteiger partial charge in [-0.3, -0.25) is 4.90 Å². The fourth-order valence-electron chi connectivity index (χ4n) is 2.00. The van der Waals surface area contributed by atoms with E-state index in [1.165, 1.54) is 6.42 Å². The van der Waals surface area contributed by atoms with Crippen molar-refractivity contribution in [2.75, 3.05) is 59.3 Å². The molecule has 1 rings (SSSR count). The number of hydrogen-bond donors (Lipinski definition) is 1. The first-order valence-corrected chi connectivity index (χ1v) is 7.46. The van der Waals surface area contributed by atoms with E-state index < -0.39 is 0 Å². The molecule has 0 radical (unpaired) electrons. The summed E-state index contributed by atoms with van der Waals surface area (Å²) in [5.74, 6) is 0. The summed E-state index contributed by atoms with van der Waals surface area (Å²) in [6.07, 6.45) is 3.04. The summed E-state index contributed by atoms with van der Waals surface area (Å²) in [4.78, 5) is 2.23. The second kappa shape index (κ2) is 11.6. The summed E-state index contributed by atoms with van der Waals surface area (Å²) >= 11 is 0. The van der Waals surface area contributed by atoms with E-state index in [-0.39, 0.29) is 6.10 Å². The van der Waals surface area contributed by atoms with Gasteiger partial charge in [0.25, 0.3) is 0 Å². The molecule has 0 aliphatic carbocycles. The largest absolute Gasteiger partial charge is 0.392 e. The molecule has 5 nitrogen and oxygen atoms in total. The van der Waals surface area contributed by atoms with Crippen molar-refractivity contribution < 1.29 is 19.3 Å². The molecule has 1 heterocycles. The molecule has 0 amide bonds. The smallest absolute Gasteiger partial charge is 0.0701 e. The van der Waals surface area contributed by atoms with Crippen LogP contribution in [0.25, 0.3) is 0 Å². The Hall–Kier alpha value is -0.200. The summed E-state index contributed by atoms with van der Waals surface area (Å²) in [7, 11) is 0. The topological polar surface area (TPSA) is 51.2 Å². The zero-order valence-corrected chi connectivity index (χ0v) is 12.2. The van der Waals surface area contributed by atoms with Crippen LogP contribution in [0.15, 0.2) is 0 Å². The number of rotatable bonds is 12. The molecule has 0 saturated carbocycles. The van der Waals surface area contributed by atoms with Gasteiger partial charge in [0, 0.05) is 26.2 Å². The Balaban J connectivity index is 1.72. The van der Waals surface area contributed by atoms with Crippen molar-refractivity contribution in [1.82, 2.24) is 4.90 Å². The fraction of sp³-hybridized carbons (Fsp3) is 1.00. The molecular weight excluding hydrogens is 246 g/mol. The average Bonchev–Trinajstić information content (AvgIpc) is 2.82. The van der Waals surface area contributed by atoms with Gasteiger partial charge in [-0.1, -0.05) is 13.3 Å². The number of aliphatic hydroxyl groups excluding tert-OH is 1. The van der Waals surface area contributed by atoms with Crippen LogP contribution in [-0.4, -0.2) is 75.4 Å². The van der Waals surface area contributed by atoms with Crippen LogP contribution in [0.1, 0.15) is 26.2 Å². The summed E-state index contributed by atoms with van der Waals surface area (Å²) in [6, 6.07) is 0. The highest BCUT2D eigenvalue weighted by atomic mass is 16.5. The van der Waals surface area contributed by atoms with Gasteiger partial charge in [0.2, 0.25) is 0 Å². The van der Waals surface area contributed by atoms with Gasteiger partial charge in [0.05, 0.1) is 39.1 Å². The summed E-state index contributed by atoms with van der Waals surface area (Å²) in [5, 5.41) is 9.36. The molecule has 19 heavy (non-hydrogen) atoms. The normalized spacial score (nSPS) is 20.2. The lowest BCUT2D eigenvalue weighted by Crippen LogP contribution is -2.26. The van der Waals surface area contributed by atoms with Gasteiger partial charge in [-0.05, 0) is 12.8 Å². The van der Waals surface area contributed by atoms with Crippen LogP contribution in [0.5, 0.6) is 0 Å². The first-order valence-electron chi connectivity index (χ1n) is 7.46. The summed E-state index contributed by atoms with van der Waals surface area (Å²) < 4.78 is 16.3. The summed E-state index contributed by atoms with van der Waals surface area (Å²) in [6.45, 7) is 8.94. The van der Waals surface area contributed by atoms with Gasteiger partial charge in [-0.15, -0.1) is 0 Å². The third-order valence-corrected chi connectivity index (χ3v) is 3.19. The lowest BCUT2D eigenvalue weighted by molar-refractivity contribution is 0.0107. The van der Waals surface area contributed by atoms with E-state index in [9.17, 15) is 5.11 Å². The lowest BCUT2D eigenvalue weighted by atomic mass is 10.3. The Labute approximate surface area is 116 Å². The quantitative estimate of drug-likeness (QED) is 0.536. The van der Waals surface area contributed by atoms with Crippen molar-refractivity contribution >= 4 is 0 Å². The fourth-order valence-corrected chi connectivity index (χ4v) is 2.00. The van der Waals surface area contributed by atoms with Crippen molar-refractivity contribution in [3.8, 4) is 0 Å². The Kier molecular flexibility index (Phi) is 10.3. The molecule has 1 fully saturated rings. The number of hydrogen-bond acceptors (Lipinski definition) is 5. The molecule has 0 aromatic heterocycles. The van der Waals surface area contributed by atoms with Crippen molar-refractivity contribution in [2.45, 2.75) is 32.3 Å². The van der Waals surface area contributed by atoms with Crippen LogP contribution >= 0.6 is 0 Å². The number of unbranched alkanes of at least 4 members (excludes halogenated alkanes) is 1. The van der Waals surface area contributed by atoms with E-state index in [1.807, 2.05) is 0 Å². The number of likely N-dealkylation sites (tertiary alicyclic amines) is 1. The minimum Gasteiger partial charge on any atom is -0.392 e. The number of aliphatic hydroxyl groups is 1. The van der Waals surface area contributed by atoms with Crippen molar-refractivity contribution in [3.05, 3.63) is 0 Å². The molecule has 1 aliphatic rings. The second-order valence-electron chi connectivity index (χ2n) is 4.93. The minimum absolute atomic E-state index is 0.143. The Bertz CT molecular complexity index is 204. The highest BCUT2D eigenvalue weighted by Crippen LogP contribution is 2.07. The molecule has 5 heteroatoms. The van der Waals surface area contributed by atoms with Crippen molar-refractivity contribution in [3.63, 3.8) is 0 Å². The van der Waals surface area contributed by atoms with E-state index in [0.717, 1.165) is 39.1 Å². The maximum atomic E-state index is 9.36. The molecule has 0 aromatic rings. The molecule has 1 atom stereocenters. The highest BCUT2D eigenvalue weighted by molar-refractivity contribution is 4.73. The third-order valence-electron chi connectivity index (χ3n) is 3.19. The first kappa shape index (κ1) is 16.9. The summed E-state index contributed by atoms with van der Waals surface area (Å²) in [5.41, 5.74) is 0. The Morgan fingerprint density at radius 1 is 1.00 bits per heavy atom. The molecule has 0 spiro atoms. The van der Waals surface area contributed by atoms with Crippen LogP contribution in [0.3, 0.4) is 0 Å². The molecule has 1 saturated heterocycles. The molecule has 1 N–H and O–H groups in total. The zero-order valence-electron chi connectivity index (χ0n) is 12.2. The van der Waals surface area contributed by atoms with E-state index in [0.29, 0.717) is 33.0 Å². The van der Waals surface area contributed by atoms with Crippen LogP contribution in [-0.2, 0) is 14.2 Å². The van der Waals surface area contributed by atoms with Gasteiger partial charge in [0.1, 0.15) is 0 Å². The predicted molar refractivity (Wildman–Crippen MR) is 74.4 cm³/mol. The van der Waals surface area contributed by atoms with Crippen LogP contribution in [0.2, 0.25) is 0 Å². The Morgan fingerprint density at radius 2 is 1.63 bits per heavy atom. The molecule has 0 aromatic carbocycles. The van der Waals surface area contributed by atoms with Crippen LogP contribution in [0.4, 0.5) is 0 Å². The molecule has 1 aliphatic heterocycles. The zero-order chi connectivity index (χ0) is 13.8. The van der Waals surface area contributed by atoms with Gasteiger partial charge < -0.3 is 19.3 Å². The van der Waals surface area contributed by atoms with Gasteiger partial charge in [0.15, 0.2) is 0 Å². The molecule has 114 valence electrons. The molecular formula is C14H29NO4. The monoisotopic (exact) mass is 275 g/mol. The second-order valence-corrected chi connectivity index (χ2v) is 4.93. The van der Waals surface area contributed by atoms with Crippen molar-refractivity contribution in [2.24, 2.45) is 0 Å². The van der Waals surface area contributed by atoms with E-state index in [1.54, 1.807) is 0 Å². The highest BCUT2D eigenvalue weighted by Gasteiger charge is 2.19. The van der Waals surface area contributed by atoms with Gasteiger partial charge in [-0.2, -0.15) is 0 Å². The van der Waals surface area contributed by atoms with Gasteiger partial charge >= 0.3 is 0 Å². The van der Waals surface area contributed by atoms with E-state index >= 15 is 0 Å². The average molecular weight is 275 g/mol. The van der Waals surface area contributed by atoms with Crippen LogP contribution < -0.4 is 0 Å². The van der Waals surface area contributed by atoms with Crippen LogP contribution in [0, 0.1) is 0 Å². The van der Waals surface area contributed by atoms with E-state index in [4.69, 9.17) is 14.2 Å². The predicted octanol–water partition coefficient (Wildman–Crippen LogP) is 0.903. The molecule has 1 unspecified atom stereocenters.